The molecule has 0 radical (unpaired) electrons. The van der Waals surface area contributed by atoms with Gasteiger partial charge in [-0.25, -0.2) is 0 Å². The van der Waals surface area contributed by atoms with E-state index in [2.05, 4.69) is 34.6 Å². The molecule has 2 fully saturated rings. The SMILES string of the molecule is CCO[Si](OCC(C)C)(C1CCCCC1)C1CC(C)CC(C)C1. The first kappa shape index (κ1) is 19.5. The monoisotopic (exact) mass is 340 g/mol. The maximum Gasteiger partial charge on any atom is 0.344 e. The highest BCUT2D eigenvalue weighted by Gasteiger charge is 2.53. The zero-order valence-electron chi connectivity index (χ0n) is 16.3. The van der Waals surface area contributed by atoms with Crippen molar-refractivity contribution in [2.75, 3.05) is 13.2 Å². The fraction of sp³-hybridized carbons (Fsp3) is 1.00. The molecule has 3 atom stereocenters. The summed E-state index contributed by atoms with van der Waals surface area (Å²) >= 11 is 0. The topological polar surface area (TPSA) is 18.5 Å². The molecule has 0 saturated heterocycles. The molecule has 2 rings (SSSR count). The summed E-state index contributed by atoms with van der Waals surface area (Å²) in [5.74, 6) is 2.27. The van der Waals surface area contributed by atoms with Crippen molar-refractivity contribution >= 4 is 8.56 Å². The van der Waals surface area contributed by atoms with Crippen LogP contribution in [0.15, 0.2) is 0 Å². The Morgan fingerprint density at radius 2 is 1.48 bits per heavy atom. The lowest BCUT2D eigenvalue weighted by atomic mass is 9.83. The third-order valence-electron chi connectivity index (χ3n) is 5.93. The van der Waals surface area contributed by atoms with Gasteiger partial charge in [0.1, 0.15) is 0 Å². The Hall–Kier alpha value is 0.137. The third-order valence-corrected chi connectivity index (χ3v) is 10.6. The second-order valence-electron chi connectivity index (χ2n) is 8.81. The third kappa shape index (κ3) is 5.06. The van der Waals surface area contributed by atoms with Crippen LogP contribution in [0.2, 0.25) is 11.1 Å². The van der Waals surface area contributed by atoms with Crippen LogP contribution in [0, 0.1) is 17.8 Å². The van der Waals surface area contributed by atoms with Crippen molar-refractivity contribution in [1.29, 1.82) is 0 Å². The van der Waals surface area contributed by atoms with E-state index in [0.717, 1.165) is 30.6 Å². The second-order valence-corrected chi connectivity index (χ2v) is 12.5. The van der Waals surface area contributed by atoms with Gasteiger partial charge in [-0.1, -0.05) is 47.0 Å². The first-order valence-corrected chi connectivity index (χ1v) is 12.2. The molecule has 3 heteroatoms. The minimum atomic E-state index is -2.14. The second kappa shape index (κ2) is 9.01. The molecule has 0 amide bonds. The van der Waals surface area contributed by atoms with Gasteiger partial charge < -0.3 is 8.85 Å². The molecule has 23 heavy (non-hydrogen) atoms. The Kier molecular flexibility index (Phi) is 7.62. The van der Waals surface area contributed by atoms with E-state index in [1.54, 1.807) is 0 Å². The van der Waals surface area contributed by atoms with Gasteiger partial charge in [-0.05, 0) is 56.8 Å². The van der Waals surface area contributed by atoms with E-state index in [9.17, 15) is 0 Å². The van der Waals surface area contributed by atoms with Gasteiger partial charge in [0.2, 0.25) is 0 Å². The first-order valence-electron chi connectivity index (χ1n) is 10.3. The number of rotatable bonds is 7. The van der Waals surface area contributed by atoms with Crippen molar-refractivity contribution in [3.8, 4) is 0 Å². The molecule has 2 aliphatic rings. The van der Waals surface area contributed by atoms with Crippen molar-refractivity contribution < 1.29 is 8.85 Å². The van der Waals surface area contributed by atoms with E-state index < -0.39 is 8.56 Å². The predicted octanol–water partition coefficient (Wildman–Crippen LogP) is 6.30. The highest BCUT2D eigenvalue weighted by Crippen LogP contribution is 2.51. The molecular weight excluding hydrogens is 300 g/mol. The minimum Gasteiger partial charge on any atom is -0.394 e. The van der Waals surface area contributed by atoms with Gasteiger partial charge in [-0.2, -0.15) is 0 Å². The van der Waals surface area contributed by atoms with Gasteiger partial charge in [-0.3, -0.25) is 0 Å². The van der Waals surface area contributed by atoms with Crippen LogP contribution in [0.1, 0.15) is 86.0 Å². The van der Waals surface area contributed by atoms with E-state index in [1.807, 2.05) is 0 Å². The van der Waals surface area contributed by atoms with E-state index in [4.69, 9.17) is 8.85 Å². The predicted molar refractivity (Wildman–Crippen MR) is 101 cm³/mol. The summed E-state index contributed by atoms with van der Waals surface area (Å²) in [4.78, 5) is 0. The fourth-order valence-corrected chi connectivity index (χ4v) is 10.6. The summed E-state index contributed by atoms with van der Waals surface area (Å²) < 4.78 is 13.5. The van der Waals surface area contributed by atoms with Crippen LogP contribution in [0.3, 0.4) is 0 Å². The molecule has 0 spiro atoms. The average molecular weight is 341 g/mol. The summed E-state index contributed by atoms with van der Waals surface area (Å²) in [6.45, 7) is 13.3. The van der Waals surface area contributed by atoms with Crippen molar-refractivity contribution in [1.82, 2.24) is 0 Å². The highest BCUT2D eigenvalue weighted by atomic mass is 28.4. The van der Waals surface area contributed by atoms with Crippen molar-refractivity contribution in [2.45, 2.75) is 97.1 Å². The molecule has 2 aliphatic carbocycles. The molecule has 2 saturated carbocycles. The van der Waals surface area contributed by atoms with Gasteiger partial charge in [-0.15, -0.1) is 0 Å². The van der Waals surface area contributed by atoms with Gasteiger partial charge in [0.05, 0.1) is 0 Å². The Morgan fingerprint density at radius 3 is 2.00 bits per heavy atom. The molecule has 2 nitrogen and oxygen atoms in total. The largest absolute Gasteiger partial charge is 0.394 e. The zero-order valence-corrected chi connectivity index (χ0v) is 17.3. The first-order chi connectivity index (χ1) is 11.0. The van der Waals surface area contributed by atoms with Crippen LogP contribution >= 0.6 is 0 Å². The molecule has 0 aliphatic heterocycles. The molecule has 0 aromatic heterocycles. The standard InChI is InChI=1S/C20H40O2Si/c1-6-21-23(22-15-16(2)3,19-10-8-7-9-11-19)20-13-17(4)12-18(5)14-20/h16-20H,6-15H2,1-5H3. The average Bonchev–Trinajstić information content (AvgIpc) is 2.51. The molecule has 0 N–H and O–H groups in total. The summed E-state index contributed by atoms with van der Waals surface area (Å²) in [5, 5.41) is 0. The summed E-state index contributed by atoms with van der Waals surface area (Å²) in [6, 6.07) is 0. The van der Waals surface area contributed by atoms with Gasteiger partial charge in [0.25, 0.3) is 0 Å². The van der Waals surface area contributed by atoms with Crippen LogP contribution < -0.4 is 0 Å². The van der Waals surface area contributed by atoms with E-state index >= 15 is 0 Å². The lowest BCUT2D eigenvalue weighted by Gasteiger charge is -2.47. The molecule has 136 valence electrons. The van der Waals surface area contributed by atoms with Crippen LogP contribution in [0.5, 0.6) is 0 Å². The quantitative estimate of drug-likeness (QED) is 0.506. The van der Waals surface area contributed by atoms with Crippen LogP contribution in [0.4, 0.5) is 0 Å². The minimum absolute atomic E-state index is 0.601. The van der Waals surface area contributed by atoms with Gasteiger partial charge in [0.15, 0.2) is 0 Å². The molecule has 0 aromatic rings. The van der Waals surface area contributed by atoms with E-state index in [-0.39, 0.29) is 0 Å². The smallest absolute Gasteiger partial charge is 0.344 e. The Labute approximate surface area is 146 Å². The molecule has 0 heterocycles. The van der Waals surface area contributed by atoms with Crippen LogP contribution in [0.25, 0.3) is 0 Å². The highest BCUT2D eigenvalue weighted by molar-refractivity contribution is 6.70. The number of hydrogen-bond donors (Lipinski definition) is 0. The lowest BCUT2D eigenvalue weighted by molar-refractivity contribution is 0.116. The normalized spacial score (nSPS) is 32.9. The van der Waals surface area contributed by atoms with Crippen molar-refractivity contribution in [3.63, 3.8) is 0 Å². The summed E-state index contributed by atoms with van der Waals surface area (Å²) in [7, 11) is -2.14. The Balaban J connectivity index is 2.25. The van der Waals surface area contributed by atoms with Gasteiger partial charge in [0, 0.05) is 24.3 Å². The summed E-state index contributed by atoms with van der Waals surface area (Å²) in [6.07, 6.45) is 10.9. The Bertz CT molecular complexity index is 331. The Morgan fingerprint density at radius 1 is 0.870 bits per heavy atom. The molecular formula is C20H40O2Si. The maximum absolute atomic E-state index is 6.82. The zero-order chi connectivity index (χ0) is 16.9. The van der Waals surface area contributed by atoms with Gasteiger partial charge >= 0.3 is 8.56 Å². The molecule has 0 bridgehead atoms. The van der Waals surface area contributed by atoms with Crippen LogP contribution in [-0.4, -0.2) is 21.8 Å². The molecule has 3 unspecified atom stereocenters. The van der Waals surface area contributed by atoms with Crippen molar-refractivity contribution in [2.24, 2.45) is 17.8 Å². The van der Waals surface area contributed by atoms with Crippen LogP contribution in [-0.2, 0) is 8.85 Å². The maximum atomic E-state index is 6.82. The van der Waals surface area contributed by atoms with Crippen molar-refractivity contribution in [3.05, 3.63) is 0 Å². The fourth-order valence-electron chi connectivity index (χ4n) is 5.15. The summed E-state index contributed by atoms with van der Waals surface area (Å²) in [5.41, 5.74) is 1.44. The lowest BCUT2D eigenvalue weighted by Crippen LogP contribution is -2.54. The van der Waals surface area contributed by atoms with E-state index in [0.29, 0.717) is 11.5 Å². The number of hydrogen-bond acceptors (Lipinski definition) is 2. The molecule has 0 aromatic carbocycles. The van der Waals surface area contributed by atoms with E-state index in [1.165, 1.54) is 51.4 Å².